The number of amides is 1. The Morgan fingerprint density at radius 1 is 1.33 bits per heavy atom. The Bertz CT molecular complexity index is 247. The van der Waals surface area contributed by atoms with Gasteiger partial charge in [0, 0.05) is 31.7 Å². The highest BCUT2D eigenvalue weighted by atomic mass is 16.3. The zero-order chi connectivity index (χ0) is 14.3. The zero-order valence-electron chi connectivity index (χ0n) is 12.6. The fraction of sp³-hybridized carbons (Fsp3) is 0.929. The second-order valence-corrected chi connectivity index (χ2v) is 6.49. The molecule has 1 amide bonds. The Hall–Kier alpha value is -0.610. The van der Waals surface area contributed by atoms with Crippen molar-refractivity contribution in [2.45, 2.75) is 66.0 Å². The van der Waals surface area contributed by atoms with Crippen LogP contribution in [0, 0.1) is 5.41 Å². The molecule has 18 heavy (non-hydrogen) atoms. The second kappa shape index (κ2) is 7.74. The predicted octanol–water partition coefficient (Wildman–Crippen LogP) is 1.76. The van der Waals surface area contributed by atoms with Crippen LogP contribution in [0.1, 0.15) is 53.9 Å². The van der Waals surface area contributed by atoms with Crippen molar-refractivity contribution in [1.82, 2.24) is 4.90 Å². The summed E-state index contributed by atoms with van der Waals surface area (Å²) in [6.07, 6.45) is 1.85. The molecule has 0 saturated carbocycles. The van der Waals surface area contributed by atoms with Gasteiger partial charge in [0.25, 0.3) is 0 Å². The fourth-order valence-corrected chi connectivity index (χ4v) is 2.11. The van der Waals surface area contributed by atoms with Crippen LogP contribution in [-0.4, -0.2) is 41.1 Å². The minimum atomic E-state index is -0.0899. The number of aliphatic hydroxyl groups excluding tert-OH is 1. The summed E-state index contributed by atoms with van der Waals surface area (Å²) in [7, 11) is 0. The van der Waals surface area contributed by atoms with Gasteiger partial charge in [-0.05, 0) is 32.1 Å². The summed E-state index contributed by atoms with van der Waals surface area (Å²) < 4.78 is 0. The highest BCUT2D eigenvalue weighted by molar-refractivity contribution is 5.77. The molecule has 0 aromatic carbocycles. The third kappa shape index (κ3) is 7.67. The van der Waals surface area contributed by atoms with E-state index < -0.39 is 0 Å². The lowest BCUT2D eigenvalue weighted by Crippen LogP contribution is -2.41. The van der Waals surface area contributed by atoms with E-state index >= 15 is 0 Å². The molecule has 0 aliphatic heterocycles. The van der Waals surface area contributed by atoms with Crippen LogP contribution in [0.2, 0.25) is 0 Å². The summed E-state index contributed by atoms with van der Waals surface area (Å²) in [5.41, 5.74) is 6.18. The van der Waals surface area contributed by atoms with Gasteiger partial charge >= 0.3 is 0 Å². The molecule has 4 heteroatoms. The molecular weight excluding hydrogens is 228 g/mol. The van der Waals surface area contributed by atoms with Crippen molar-refractivity contribution in [3.05, 3.63) is 0 Å². The van der Waals surface area contributed by atoms with E-state index in [2.05, 4.69) is 20.8 Å². The first-order valence-electron chi connectivity index (χ1n) is 6.83. The maximum absolute atomic E-state index is 12.2. The van der Waals surface area contributed by atoms with E-state index in [0.717, 1.165) is 6.42 Å². The summed E-state index contributed by atoms with van der Waals surface area (Å²) in [6.45, 7) is 11.1. The maximum Gasteiger partial charge on any atom is 0.224 e. The summed E-state index contributed by atoms with van der Waals surface area (Å²) in [5.74, 6) is 0.0928. The number of rotatable bonds is 7. The Morgan fingerprint density at radius 2 is 1.89 bits per heavy atom. The quantitative estimate of drug-likeness (QED) is 0.731. The normalized spacial score (nSPS) is 13.8. The molecule has 0 rings (SSSR count). The van der Waals surface area contributed by atoms with E-state index in [4.69, 9.17) is 10.8 Å². The van der Waals surface area contributed by atoms with Crippen molar-refractivity contribution < 1.29 is 9.90 Å². The number of nitrogens with zero attached hydrogens (tertiary/aromatic N) is 1. The predicted molar refractivity (Wildman–Crippen MR) is 75.2 cm³/mol. The first-order valence-corrected chi connectivity index (χ1v) is 6.83. The van der Waals surface area contributed by atoms with Crippen LogP contribution in [0.25, 0.3) is 0 Å². The molecule has 0 aromatic rings. The van der Waals surface area contributed by atoms with Crippen LogP contribution in [0.5, 0.6) is 0 Å². The summed E-state index contributed by atoms with van der Waals surface area (Å²) in [4.78, 5) is 14.0. The average Bonchev–Trinajstić information content (AvgIpc) is 2.14. The van der Waals surface area contributed by atoms with E-state index in [-0.39, 0.29) is 30.0 Å². The third-order valence-corrected chi connectivity index (χ3v) is 2.81. The lowest BCUT2D eigenvalue weighted by molar-refractivity contribution is -0.133. The average molecular weight is 258 g/mol. The highest BCUT2D eigenvalue weighted by Crippen LogP contribution is 2.21. The highest BCUT2D eigenvalue weighted by Gasteiger charge is 2.22. The van der Waals surface area contributed by atoms with E-state index in [9.17, 15) is 4.79 Å². The lowest BCUT2D eigenvalue weighted by atomic mass is 9.87. The molecule has 3 N–H and O–H groups in total. The number of aliphatic hydroxyl groups is 1. The van der Waals surface area contributed by atoms with Crippen molar-refractivity contribution in [2.75, 3.05) is 13.2 Å². The van der Waals surface area contributed by atoms with Crippen LogP contribution >= 0.6 is 0 Å². The Balaban J connectivity index is 4.33. The molecule has 0 heterocycles. The van der Waals surface area contributed by atoms with Crippen molar-refractivity contribution in [3.8, 4) is 0 Å². The minimum absolute atomic E-state index is 0.0899. The van der Waals surface area contributed by atoms with Crippen molar-refractivity contribution in [3.63, 3.8) is 0 Å². The van der Waals surface area contributed by atoms with Gasteiger partial charge in [-0.15, -0.1) is 0 Å². The van der Waals surface area contributed by atoms with E-state index in [1.807, 2.05) is 13.8 Å². The second-order valence-electron chi connectivity index (χ2n) is 6.49. The van der Waals surface area contributed by atoms with Gasteiger partial charge < -0.3 is 15.7 Å². The van der Waals surface area contributed by atoms with E-state index in [1.54, 1.807) is 4.90 Å². The van der Waals surface area contributed by atoms with Crippen LogP contribution in [0.3, 0.4) is 0 Å². The van der Waals surface area contributed by atoms with Crippen molar-refractivity contribution >= 4 is 5.91 Å². The summed E-state index contributed by atoms with van der Waals surface area (Å²) in [5, 5.41) is 8.85. The molecule has 0 saturated heterocycles. The van der Waals surface area contributed by atoms with Gasteiger partial charge in [-0.3, -0.25) is 4.79 Å². The van der Waals surface area contributed by atoms with Crippen LogP contribution < -0.4 is 5.73 Å². The Kier molecular flexibility index (Phi) is 7.48. The molecule has 0 fully saturated rings. The zero-order valence-corrected chi connectivity index (χ0v) is 12.6. The van der Waals surface area contributed by atoms with E-state index in [1.165, 1.54) is 0 Å². The molecule has 4 nitrogen and oxygen atoms in total. The first kappa shape index (κ1) is 17.4. The van der Waals surface area contributed by atoms with Gasteiger partial charge in [-0.1, -0.05) is 20.8 Å². The maximum atomic E-state index is 12.2. The first-order chi connectivity index (χ1) is 8.17. The number of carbonyl (C=O) groups excluding carboxylic acids is 1. The minimum Gasteiger partial charge on any atom is -0.396 e. The number of hydrogen-bond acceptors (Lipinski definition) is 3. The molecule has 0 aliphatic carbocycles. The molecule has 1 atom stereocenters. The Morgan fingerprint density at radius 3 is 2.28 bits per heavy atom. The molecule has 0 radical (unpaired) electrons. The van der Waals surface area contributed by atoms with Crippen LogP contribution in [-0.2, 0) is 4.79 Å². The van der Waals surface area contributed by atoms with Crippen LogP contribution in [0.4, 0.5) is 0 Å². The van der Waals surface area contributed by atoms with Gasteiger partial charge in [0.1, 0.15) is 0 Å². The molecule has 1 unspecified atom stereocenters. The number of hydrogen-bond donors (Lipinski definition) is 2. The Labute approximate surface area is 112 Å². The lowest BCUT2D eigenvalue weighted by Gasteiger charge is -2.29. The molecular formula is C14H30N2O2. The van der Waals surface area contributed by atoms with E-state index in [0.29, 0.717) is 19.4 Å². The molecule has 0 aliphatic rings. The van der Waals surface area contributed by atoms with Gasteiger partial charge in [0.05, 0.1) is 0 Å². The van der Waals surface area contributed by atoms with Gasteiger partial charge in [-0.25, -0.2) is 0 Å². The van der Waals surface area contributed by atoms with Gasteiger partial charge in [0.2, 0.25) is 5.91 Å². The largest absolute Gasteiger partial charge is 0.396 e. The summed E-state index contributed by atoms with van der Waals surface area (Å²) in [6, 6.07) is 0.0683. The fourth-order valence-electron chi connectivity index (χ4n) is 2.11. The van der Waals surface area contributed by atoms with Crippen molar-refractivity contribution in [1.29, 1.82) is 0 Å². The SMILES string of the molecule is CC(C)N(CCCO)C(=O)CC(N)CC(C)(C)C. The molecule has 0 bridgehead atoms. The standard InChI is InChI=1S/C14H30N2O2/c1-11(2)16(7-6-8-17)13(18)9-12(15)10-14(3,4)5/h11-12,17H,6-10,15H2,1-5H3. The summed E-state index contributed by atoms with van der Waals surface area (Å²) >= 11 is 0. The van der Waals surface area contributed by atoms with Gasteiger partial charge in [-0.2, -0.15) is 0 Å². The monoisotopic (exact) mass is 258 g/mol. The smallest absolute Gasteiger partial charge is 0.224 e. The van der Waals surface area contributed by atoms with Crippen molar-refractivity contribution in [2.24, 2.45) is 11.1 Å². The molecule has 0 aromatic heterocycles. The van der Waals surface area contributed by atoms with Crippen LogP contribution in [0.15, 0.2) is 0 Å². The van der Waals surface area contributed by atoms with Gasteiger partial charge in [0.15, 0.2) is 0 Å². The topological polar surface area (TPSA) is 66.6 Å². The molecule has 0 spiro atoms. The number of nitrogens with two attached hydrogens (primary N) is 1. The number of carbonyl (C=O) groups is 1. The third-order valence-electron chi connectivity index (χ3n) is 2.81. The molecule has 108 valence electrons.